The van der Waals surface area contributed by atoms with Crippen molar-refractivity contribution in [2.75, 3.05) is 20.4 Å². The Morgan fingerprint density at radius 2 is 2.00 bits per heavy atom. The fourth-order valence-electron chi connectivity index (χ4n) is 2.55. The van der Waals surface area contributed by atoms with Gasteiger partial charge in [-0.05, 0) is 44.5 Å². The fourth-order valence-corrected chi connectivity index (χ4v) is 2.55. The van der Waals surface area contributed by atoms with Crippen molar-refractivity contribution in [1.82, 2.24) is 5.32 Å². The molecule has 0 atom stereocenters. The van der Waals surface area contributed by atoms with E-state index in [1.165, 1.54) is 0 Å². The van der Waals surface area contributed by atoms with Crippen molar-refractivity contribution < 1.29 is 14.3 Å². The molecule has 2 aliphatic rings. The minimum Gasteiger partial charge on any atom is -0.454 e. The van der Waals surface area contributed by atoms with Gasteiger partial charge in [0.2, 0.25) is 6.79 Å². The van der Waals surface area contributed by atoms with Crippen LogP contribution in [0.1, 0.15) is 28.8 Å². The number of hydrogen-bond acceptors (Lipinski definition) is 4. The summed E-state index contributed by atoms with van der Waals surface area (Å²) in [7, 11) is 1.89. The Bertz CT molecular complexity index is 506. The SMILES string of the molecule is CNCC1(C(=O)c2cc3c(cc2C)OCO3)CC1. The average molecular weight is 247 g/mol. The van der Waals surface area contributed by atoms with Gasteiger partial charge in [0.05, 0.1) is 0 Å². The molecule has 18 heavy (non-hydrogen) atoms. The van der Waals surface area contributed by atoms with Gasteiger partial charge < -0.3 is 14.8 Å². The van der Waals surface area contributed by atoms with Crippen LogP contribution in [0.25, 0.3) is 0 Å². The summed E-state index contributed by atoms with van der Waals surface area (Å²) in [6.07, 6.45) is 1.95. The summed E-state index contributed by atoms with van der Waals surface area (Å²) in [5.74, 6) is 1.65. The van der Waals surface area contributed by atoms with Gasteiger partial charge >= 0.3 is 0 Å². The lowest BCUT2D eigenvalue weighted by atomic mass is 9.91. The number of aryl methyl sites for hydroxylation is 1. The Morgan fingerprint density at radius 3 is 2.61 bits per heavy atom. The lowest BCUT2D eigenvalue weighted by Gasteiger charge is -2.15. The monoisotopic (exact) mass is 247 g/mol. The Kier molecular flexibility index (Phi) is 2.55. The molecule has 1 aromatic rings. The molecule has 1 N–H and O–H groups in total. The molecule has 0 spiro atoms. The van der Waals surface area contributed by atoms with E-state index in [0.29, 0.717) is 5.75 Å². The summed E-state index contributed by atoms with van der Waals surface area (Å²) in [4.78, 5) is 12.6. The average Bonchev–Trinajstić information content (AvgIpc) is 2.99. The second-order valence-electron chi connectivity index (χ2n) is 5.16. The predicted octanol–water partition coefficient (Wildman–Crippen LogP) is 1.91. The Labute approximate surface area is 106 Å². The molecule has 96 valence electrons. The lowest BCUT2D eigenvalue weighted by molar-refractivity contribution is 0.0899. The van der Waals surface area contributed by atoms with E-state index in [9.17, 15) is 4.79 Å². The predicted molar refractivity (Wildman–Crippen MR) is 67.2 cm³/mol. The van der Waals surface area contributed by atoms with Gasteiger partial charge in [-0.15, -0.1) is 0 Å². The van der Waals surface area contributed by atoms with Gasteiger partial charge in [0.25, 0.3) is 0 Å². The van der Waals surface area contributed by atoms with Crippen LogP contribution in [0.5, 0.6) is 11.5 Å². The molecule has 3 rings (SSSR count). The van der Waals surface area contributed by atoms with E-state index < -0.39 is 0 Å². The largest absolute Gasteiger partial charge is 0.454 e. The van der Waals surface area contributed by atoms with Crippen molar-refractivity contribution in [3.8, 4) is 11.5 Å². The number of ketones is 1. The van der Waals surface area contributed by atoms with Crippen LogP contribution in [0.3, 0.4) is 0 Å². The maximum absolute atomic E-state index is 12.6. The molecule has 0 radical (unpaired) electrons. The van der Waals surface area contributed by atoms with Crippen LogP contribution in [0, 0.1) is 12.3 Å². The molecular weight excluding hydrogens is 230 g/mol. The van der Waals surface area contributed by atoms with Gasteiger partial charge in [0.1, 0.15) is 0 Å². The molecule has 0 unspecified atom stereocenters. The highest BCUT2D eigenvalue weighted by Crippen LogP contribution is 2.49. The van der Waals surface area contributed by atoms with E-state index in [1.807, 2.05) is 26.1 Å². The maximum atomic E-state index is 12.6. The summed E-state index contributed by atoms with van der Waals surface area (Å²) >= 11 is 0. The first-order valence-corrected chi connectivity index (χ1v) is 6.26. The molecular formula is C14H17NO3. The molecule has 1 heterocycles. The van der Waals surface area contributed by atoms with Crippen LogP contribution in [0.4, 0.5) is 0 Å². The van der Waals surface area contributed by atoms with Crippen molar-refractivity contribution in [3.63, 3.8) is 0 Å². The Hall–Kier alpha value is -1.55. The summed E-state index contributed by atoms with van der Waals surface area (Å²) in [6.45, 7) is 2.94. The van der Waals surface area contributed by atoms with Gasteiger partial charge in [-0.3, -0.25) is 4.79 Å². The van der Waals surface area contributed by atoms with Crippen molar-refractivity contribution in [2.24, 2.45) is 5.41 Å². The molecule has 1 fully saturated rings. The standard InChI is InChI=1S/C14H17NO3/c1-9-5-11-12(18-8-17-11)6-10(9)13(16)14(3-4-14)7-15-2/h5-6,15H,3-4,7-8H2,1-2H3. The number of Topliss-reactive ketones (excluding diaryl/α,β-unsaturated/α-hetero) is 1. The van der Waals surface area contributed by atoms with Crippen LogP contribution in [-0.4, -0.2) is 26.2 Å². The van der Waals surface area contributed by atoms with E-state index in [-0.39, 0.29) is 18.0 Å². The third-order valence-corrected chi connectivity index (χ3v) is 3.81. The molecule has 1 aliphatic carbocycles. The van der Waals surface area contributed by atoms with Gasteiger partial charge in [0.15, 0.2) is 17.3 Å². The van der Waals surface area contributed by atoms with Crippen molar-refractivity contribution >= 4 is 5.78 Å². The molecule has 1 aliphatic heterocycles. The highest BCUT2D eigenvalue weighted by molar-refractivity contribution is 6.04. The number of ether oxygens (including phenoxy) is 2. The number of carbonyl (C=O) groups is 1. The molecule has 0 bridgehead atoms. The first-order valence-electron chi connectivity index (χ1n) is 6.26. The number of nitrogens with one attached hydrogen (secondary N) is 1. The van der Waals surface area contributed by atoms with Crippen LogP contribution >= 0.6 is 0 Å². The summed E-state index contributed by atoms with van der Waals surface area (Å²) in [6, 6.07) is 3.72. The molecule has 0 saturated heterocycles. The highest BCUT2D eigenvalue weighted by atomic mass is 16.7. The summed E-state index contributed by atoms with van der Waals surface area (Å²) < 4.78 is 10.7. The minimum atomic E-state index is -0.187. The van der Waals surface area contributed by atoms with Crippen LogP contribution < -0.4 is 14.8 Å². The zero-order valence-corrected chi connectivity index (χ0v) is 10.7. The van der Waals surface area contributed by atoms with E-state index in [2.05, 4.69) is 5.32 Å². The van der Waals surface area contributed by atoms with E-state index in [4.69, 9.17) is 9.47 Å². The molecule has 0 amide bonds. The normalized spacial score (nSPS) is 18.8. The molecule has 4 nitrogen and oxygen atoms in total. The minimum absolute atomic E-state index is 0.187. The lowest BCUT2D eigenvalue weighted by Crippen LogP contribution is -2.28. The van der Waals surface area contributed by atoms with E-state index in [0.717, 1.165) is 36.3 Å². The van der Waals surface area contributed by atoms with Crippen LogP contribution in [0.2, 0.25) is 0 Å². The molecule has 1 saturated carbocycles. The number of fused-ring (bicyclic) bond motifs is 1. The molecule has 0 aromatic heterocycles. The molecule has 4 heteroatoms. The van der Waals surface area contributed by atoms with Crippen LogP contribution in [0.15, 0.2) is 12.1 Å². The van der Waals surface area contributed by atoms with Crippen molar-refractivity contribution in [1.29, 1.82) is 0 Å². The summed E-state index contributed by atoms with van der Waals surface area (Å²) in [5, 5.41) is 3.12. The topological polar surface area (TPSA) is 47.6 Å². The number of benzene rings is 1. The van der Waals surface area contributed by atoms with E-state index in [1.54, 1.807) is 0 Å². The van der Waals surface area contributed by atoms with Crippen molar-refractivity contribution in [3.05, 3.63) is 23.3 Å². The number of rotatable bonds is 4. The van der Waals surface area contributed by atoms with Gasteiger partial charge in [-0.2, -0.15) is 0 Å². The maximum Gasteiger partial charge on any atom is 0.231 e. The van der Waals surface area contributed by atoms with Crippen molar-refractivity contribution in [2.45, 2.75) is 19.8 Å². The smallest absolute Gasteiger partial charge is 0.231 e. The third kappa shape index (κ3) is 1.68. The Balaban J connectivity index is 1.95. The van der Waals surface area contributed by atoms with E-state index >= 15 is 0 Å². The first-order chi connectivity index (χ1) is 8.66. The first kappa shape index (κ1) is 11.5. The second-order valence-corrected chi connectivity index (χ2v) is 5.16. The summed E-state index contributed by atoms with van der Waals surface area (Å²) in [5.41, 5.74) is 1.55. The zero-order chi connectivity index (χ0) is 12.8. The quantitative estimate of drug-likeness (QED) is 0.826. The Morgan fingerprint density at radius 1 is 1.33 bits per heavy atom. The fraction of sp³-hybridized carbons (Fsp3) is 0.500. The molecule has 1 aromatic carbocycles. The van der Waals surface area contributed by atoms with Gasteiger partial charge in [-0.25, -0.2) is 0 Å². The van der Waals surface area contributed by atoms with Gasteiger partial charge in [-0.1, -0.05) is 0 Å². The zero-order valence-electron chi connectivity index (χ0n) is 10.7. The third-order valence-electron chi connectivity index (χ3n) is 3.81. The van der Waals surface area contributed by atoms with Gasteiger partial charge in [0, 0.05) is 17.5 Å². The highest BCUT2D eigenvalue weighted by Gasteiger charge is 2.49. The second kappa shape index (κ2) is 3.99. The van der Waals surface area contributed by atoms with Crippen LogP contribution in [-0.2, 0) is 0 Å². The number of hydrogen-bond donors (Lipinski definition) is 1. The number of carbonyl (C=O) groups excluding carboxylic acids is 1.